The fourth-order valence-electron chi connectivity index (χ4n) is 5.27. The number of carbonyl (C=O) groups excluding carboxylic acids is 2. The van der Waals surface area contributed by atoms with E-state index in [9.17, 15) is 14.7 Å². The first-order valence-electron chi connectivity index (χ1n) is 12.5. The molecule has 0 bridgehead atoms. The van der Waals surface area contributed by atoms with Gasteiger partial charge in [0.1, 0.15) is 18.5 Å². The van der Waals surface area contributed by atoms with Gasteiger partial charge in [-0.25, -0.2) is 0 Å². The summed E-state index contributed by atoms with van der Waals surface area (Å²) in [4.78, 5) is 30.9. The van der Waals surface area contributed by atoms with E-state index in [1.54, 1.807) is 6.07 Å². The maximum absolute atomic E-state index is 13.2. The molecule has 3 aromatic carbocycles. The van der Waals surface area contributed by atoms with Crippen molar-refractivity contribution in [2.75, 3.05) is 45.9 Å². The van der Waals surface area contributed by atoms with Crippen molar-refractivity contribution in [3.63, 3.8) is 0 Å². The number of hydrogen-bond donors (Lipinski definition) is 1. The zero-order chi connectivity index (χ0) is 25.2. The molecule has 1 unspecified atom stereocenters. The quantitative estimate of drug-likeness (QED) is 0.461. The third-order valence-electron chi connectivity index (χ3n) is 7.31. The van der Waals surface area contributed by atoms with Gasteiger partial charge in [0.05, 0.1) is 5.92 Å². The van der Waals surface area contributed by atoms with Crippen LogP contribution >= 0.6 is 11.6 Å². The minimum Gasteiger partial charge on any atom is -0.491 e. The highest BCUT2D eigenvalue weighted by Gasteiger charge is 2.35. The van der Waals surface area contributed by atoms with Crippen LogP contribution in [0, 0.1) is 12.8 Å². The van der Waals surface area contributed by atoms with E-state index >= 15 is 0 Å². The van der Waals surface area contributed by atoms with E-state index in [0.717, 1.165) is 42.5 Å². The highest BCUT2D eigenvalue weighted by Crippen LogP contribution is 2.33. The van der Waals surface area contributed by atoms with Gasteiger partial charge in [-0.3, -0.25) is 14.5 Å². The lowest BCUT2D eigenvalue weighted by molar-refractivity contribution is 0.0445. The number of carbonyl (C=O) groups is 2. The van der Waals surface area contributed by atoms with Crippen LogP contribution in [0.3, 0.4) is 0 Å². The Hall–Kier alpha value is -2.77. The van der Waals surface area contributed by atoms with Gasteiger partial charge in [-0.15, -0.1) is 0 Å². The van der Waals surface area contributed by atoms with Gasteiger partial charge in [0.15, 0.2) is 11.6 Å². The van der Waals surface area contributed by atoms with E-state index in [2.05, 4.69) is 9.80 Å². The second-order valence-corrected chi connectivity index (χ2v) is 10.2. The Labute approximate surface area is 216 Å². The SMILES string of the molecule is Cc1cc(OCC(O)CN2CCN(CCC3C(=O)c4cccc5cccc(c45)C3=O)CC2)ccc1Cl. The van der Waals surface area contributed by atoms with Crippen molar-refractivity contribution < 1.29 is 19.4 Å². The summed E-state index contributed by atoms with van der Waals surface area (Å²) in [5.41, 5.74) is 2.28. The van der Waals surface area contributed by atoms with Crippen LogP contribution in [-0.2, 0) is 0 Å². The van der Waals surface area contributed by atoms with Gasteiger partial charge in [0, 0.05) is 54.3 Å². The first-order valence-corrected chi connectivity index (χ1v) is 12.9. The topological polar surface area (TPSA) is 70.1 Å². The van der Waals surface area contributed by atoms with Crippen LogP contribution in [0.1, 0.15) is 32.7 Å². The van der Waals surface area contributed by atoms with Crippen LogP contribution in [0.25, 0.3) is 10.8 Å². The second kappa shape index (κ2) is 10.7. The second-order valence-electron chi connectivity index (χ2n) is 9.80. The lowest BCUT2D eigenvalue weighted by atomic mass is 9.78. The molecule has 5 rings (SSSR count). The number of benzene rings is 3. The number of aliphatic hydroxyl groups is 1. The lowest BCUT2D eigenvalue weighted by Gasteiger charge is -2.36. The number of hydrogen-bond acceptors (Lipinski definition) is 6. The van der Waals surface area contributed by atoms with Gasteiger partial charge in [-0.05, 0) is 49.0 Å². The number of aliphatic hydroxyl groups excluding tert-OH is 1. The zero-order valence-electron chi connectivity index (χ0n) is 20.5. The summed E-state index contributed by atoms with van der Waals surface area (Å²) < 4.78 is 5.73. The molecule has 1 heterocycles. The highest BCUT2D eigenvalue weighted by atomic mass is 35.5. The van der Waals surface area contributed by atoms with Crippen molar-refractivity contribution in [3.05, 3.63) is 76.3 Å². The third kappa shape index (κ3) is 5.18. The first-order chi connectivity index (χ1) is 17.4. The van der Waals surface area contributed by atoms with E-state index in [1.807, 2.05) is 55.5 Å². The molecule has 1 N–H and O–H groups in total. The number of aryl methyl sites for hydroxylation is 1. The van der Waals surface area contributed by atoms with Crippen LogP contribution in [0.4, 0.5) is 0 Å². The van der Waals surface area contributed by atoms with Gasteiger partial charge in [-0.1, -0.05) is 48.0 Å². The predicted molar refractivity (Wildman–Crippen MR) is 141 cm³/mol. The van der Waals surface area contributed by atoms with Crippen molar-refractivity contribution in [2.24, 2.45) is 5.92 Å². The average Bonchev–Trinajstić information content (AvgIpc) is 2.88. The van der Waals surface area contributed by atoms with E-state index in [0.29, 0.717) is 41.4 Å². The van der Waals surface area contributed by atoms with Gasteiger partial charge >= 0.3 is 0 Å². The number of ketones is 2. The Morgan fingerprint density at radius 1 is 0.972 bits per heavy atom. The number of piperazine rings is 1. The molecule has 0 amide bonds. The lowest BCUT2D eigenvalue weighted by Crippen LogP contribution is -2.49. The molecule has 1 aliphatic heterocycles. The Morgan fingerprint density at radius 2 is 1.61 bits per heavy atom. The summed E-state index contributed by atoms with van der Waals surface area (Å²) in [6.45, 7) is 6.72. The molecule has 3 aromatic rings. The van der Waals surface area contributed by atoms with Crippen LogP contribution in [0.15, 0.2) is 54.6 Å². The summed E-state index contributed by atoms with van der Waals surface area (Å²) in [6.07, 6.45) is -0.0629. The van der Waals surface area contributed by atoms with Crippen LogP contribution in [0.5, 0.6) is 5.75 Å². The maximum atomic E-state index is 13.2. The van der Waals surface area contributed by atoms with Crippen molar-refractivity contribution in [1.82, 2.24) is 9.80 Å². The molecule has 0 saturated carbocycles. The van der Waals surface area contributed by atoms with Gasteiger partial charge in [0.2, 0.25) is 0 Å². The summed E-state index contributed by atoms with van der Waals surface area (Å²) in [6, 6.07) is 16.8. The molecule has 1 atom stereocenters. The van der Waals surface area contributed by atoms with Crippen LogP contribution in [0.2, 0.25) is 5.02 Å². The molecule has 1 aliphatic carbocycles. The smallest absolute Gasteiger partial charge is 0.174 e. The van der Waals surface area contributed by atoms with E-state index < -0.39 is 12.0 Å². The minimum atomic E-state index is -0.612. The summed E-state index contributed by atoms with van der Waals surface area (Å²) in [7, 11) is 0. The largest absolute Gasteiger partial charge is 0.491 e. The number of nitrogens with zero attached hydrogens (tertiary/aromatic N) is 2. The van der Waals surface area contributed by atoms with Crippen molar-refractivity contribution >= 4 is 33.9 Å². The number of Topliss-reactive ketones (excluding diaryl/α,β-unsaturated/α-hetero) is 2. The number of rotatable bonds is 8. The van der Waals surface area contributed by atoms with E-state index in [1.165, 1.54) is 0 Å². The van der Waals surface area contributed by atoms with E-state index in [-0.39, 0.29) is 18.2 Å². The molecule has 1 saturated heterocycles. The molecule has 2 aliphatic rings. The zero-order valence-corrected chi connectivity index (χ0v) is 21.2. The monoisotopic (exact) mass is 506 g/mol. The van der Waals surface area contributed by atoms with Gasteiger partial charge in [0.25, 0.3) is 0 Å². The number of halogens is 1. The molecular formula is C29H31ClN2O4. The predicted octanol–water partition coefficient (Wildman–Crippen LogP) is 4.24. The molecule has 0 radical (unpaired) electrons. The summed E-state index contributed by atoms with van der Waals surface area (Å²) in [5, 5.41) is 12.9. The van der Waals surface area contributed by atoms with Gasteiger partial charge in [-0.2, -0.15) is 0 Å². The Bertz CT molecular complexity index is 1230. The van der Waals surface area contributed by atoms with Crippen molar-refractivity contribution in [1.29, 1.82) is 0 Å². The first kappa shape index (κ1) is 24.9. The number of ether oxygens (including phenoxy) is 1. The van der Waals surface area contributed by atoms with Gasteiger partial charge < -0.3 is 14.7 Å². The standard InChI is InChI=1S/C29H31ClN2O4/c1-19-16-22(8-9-26(19)30)36-18-21(33)17-32-14-12-31(13-15-32)11-10-25-28(34)23-6-2-4-20-5-3-7-24(27(20)23)29(25)35/h2-9,16,21,25,33H,10-15,17-18H2,1H3. The fourth-order valence-corrected chi connectivity index (χ4v) is 5.38. The Morgan fingerprint density at radius 3 is 2.25 bits per heavy atom. The highest BCUT2D eigenvalue weighted by molar-refractivity contribution is 6.31. The van der Waals surface area contributed by atoms with Crippen molar-refractivity contribution in [3.8, 4) is 5.75 Å². The molecule has 0 aromatic heterocycles. The molecule has 7 heteroatoms. The Balaban J connectivity index is 1.09. The molecular weight excluding hydrogens is 476 g/mol. The average molecular weight is 507 g/mol. The van der Waals surface area contributed by atoms with Crippen LogP contribution < -0.4 is 4.74 Å². The molecule has 0 spiro atoms. The Kier molecular flexibility index (Phi) is 7.39. The normalized spacial score (nSPS) is 18.1. The minimum absolute atomic E-state index is 0.0538. The van der Waals surface area contributed by atoms with E-state index in [4.69, 9.17) is 16.3 Å². The molecule has 188 valence electrons. The summed E-state index contributed by atoms with van der Waals surface area (Å²) in [5.74, 6) is -0.0191. The number of β-amino-alcohol motifs (C(OH)–C–C–N with tert-alkyl or cyclic N) is 1. The molecule has 6 nitrogen and oxygen atoms in total. The maximum Gasteiger partial charge on any atom is 0.174 e. The third-order valence-corrected chi connectivity index (χ3v) is 7.73. The van der Waals surface area contributed by atoms with Crippen LogP contribution in [-0.4, -0.2) is 78.5 Å². The molecule has 1 fully saturated rings. The fraction of sp³-hybridized carbons (Fsp3) is 0.379. The summed E-state index contributed by atoms with van der Waals surface area (Å²) >= 11 is 6.05. The van der Waals surface area contributed by atoms with Crippen molar-refractivity contribution in [2.45, 2.75) is 19.4 Å². The molecule has 36 heavy (non-hydrogen) atoms.